The van der Waals surface area contributed by atoms with Gasteiger partial charge in [0.1, 0.15) is 0 Å². The number of hydrogen-bond donors (Lipinski definition) is 1. The molecule has 1 aliphatic rings. The second-order valence-electron chi connectivity index (χ2n) is 2.91. The number of thiazole rings is 1. The van der Waals surface area contributed by atoms with Crippen molar-refractivity contribution in [1.29, 1.82) is 0 Å². The first-order valence-corrected chi connectivity index (χ1v) is 4.80. The first-order chi connectivity index (χ1) is 5.81. The van der Waals surface area contributed by atoms with Gasteiger partial charge in [-0.25, -0.2) is 4.98 Å². The quantitative estimate of drug-likeness (QED) is 0.492. The van der Waals surface area contributed by atoms with E-state index in [1.807, 2.05) is 6.92 Å². The van der Waals surface area contributed by atoms with E-state index in [1.165, 1.54) is 0 Å². The largest absolute Gasteiger partial charge is 0.411 e. The molecule has 0 spiro atoms. The van der Waals surface area contributed by atoms with Crippen LogP contribution in [0.1, 0.15) is 28.4 Å². The molecule has 1 heterocycles. The monoisotopic (exact) mass is 182 g/mol. The molecule has 0 bridgehead atoms. The van der Waals surface area contributed by atoms with Crippen LogP contribution < -0.4 is 0 Å². The maximum absolute atomic E-state index is 8.71. The predicted molar refractivity (Wildman–Crippen MR) is 48.1 cm³/mol. The Morgan fingerprint density at radius 2 is 2.33 bits per heavy atom. The fourth-order valence-electron chi connectivity index (χ4n) is 1.50. The molecule has 0 aliphatic heterocycles. The van der Waals surface area contributed by atoms with Gasteiger partial charge >= 0.3 is 0 Å². The highest BCUT2D eigenvalue weighted by Gasteiger charge is 2.19. The SMILES string of the molecule is Cc1nc2c(s1)/C(=N\O)CCC2. The third-order valence-electron chi connectivity index (χ3n) is 2.01. The lowest BCUT2D eigenvalue weighted by Crippen LogP contribution is -2.09. The third kappa shape index (κ3) is 1.12. The van der Waals surface area contributed by atoms with Crippen LogP contribution in [0.5, 0.6) is 0 Å². The zero-order valence-corrected chi connectivity index (χ0v) is 7.69. The van der Waals surface area contributed by atoms with E-state index in [0.717, 1.165) is 40.6 Å². The molecule has 12 heavy (non-hydrogen) atoms. The standard InChI is InChI=1S/C8H10N2OS/c1-5-9-6-3-2-4-7(10-11)8(6)12-5/h11H,2-4H2,1H3/b10-7-. The van der Waals surface area contributed by atoms with Crippen molar-refractivity contribution in [3.8, 4) is 0 Å². The summed E-state index contributed by atoms with van der Waals surface area (Å²) in [6.07, 6.45) is 2.96. The number of oxime groups is 1. The van der Waals surface area contributed by atoms with Crippen molar-refractivity contribution in [3.05, 3.63) is 15.6 Å². The average Bonchev–Trinajstić information content (AvgIpc) is 2.44. The number of aromatic nitrogens is 1. The molecule has 0 saturated carbocycles. The van der Waals surface area contributed by atoms with Gasteiger partial charge in [0, 0.05) is 0 Å². The van der Waals surface area contributed by atoms with Gasteiger partial charge in [-0.2, -0.15) is 0 Å². The van der Waals surface area contributed by atoms with Gasteiger partial charge in [-0.1, -0.05) is 5.16 Å². The zero-order valence-electron chi connectivity index (χ0n) is 6.87. The minimum atomic E-state index is 0.807. The van der Waals surface area contributed by atoms with E-state index >= 15 is 0 Å². The molecule has 4 heteroatoms. The van der Waals surface area contributed by atoms with Crippen LogP contribution in [-0.2, 0) is 6.42 Å². The van der Waals surface area contributed by atoms with Crippen LogP contribution in [0.4, 0.5) is 0 Å². The molecule has 1 N–H and O–H groups in total. The van der Waals surface area contributed by atoms with Crippen molar-refractivity contribution < 1.29 is 5.21 Å². The molecule has 0 saturated heterocycles. The Hall–Kier alpha value is -0.900. The lowest BCUT2D eigenvalue weighted by molar-refractivity contribution is 0.317. The maximum Gasteiger partial charge on any atom is 0.0986 e. The van der Waals surface area contributed by atoms with Gasteiger partial charge in [0.15, 0.2) is 0 Å². The summed E-state index contributed by atoms with van der Waals surface area (Å²) in [5, 5.41) is 13.1. The highest BCUT2D eigenvalue weighted by molar-refractivity contribution is 7.13. The first kappa shape index (κ1) is 7.73. The third-order valence-corrected chi connectivity index (χ3v) is 3.08. The Labute approximate surface area is 74.8 Å². The van der Waals surface area contributed by atoms with E-state index in [9.17, 15) is 0 Å². The van der Waals surface area contributed by atoms with Crippen LogP contribution in [0.15, 0.2) is 5.16 Å². The Morgan fingerprint density at radius 3 is 3.08 bits per heavy atom. The molecular formula is C8H10N2OS. The minimum absolute atomic E-state index is 0.807. The van der Waals surface area contributed by atoms with Gasteiger partial charge in [-0.05, 0) is 26.2 Å². The average molecular weight is 182 g/mol. The summed E-state index contributed by atoms with van der Waals surface area (Å²) in [7, 11) is 0. The molecule has 0 unspecified atom stereocenters. The lowest BCUT2D eigenvalue weighted by atomic mass is 10.0. The van der Waals surface area contributed by atoms with Gasteiger partial charge in [-0.3, -0.25) is 0 Å². The van der Waals surface area contributed by atoms with Crippen molar-refractivity contribution in [3.63, 3.8) is 0 Å². The molecule has 2 rings (SSSR count). The molecular weight excluding hydrogens is 172 g/mol. The summed E-state index contributed by atoms with van der Waals surface area (Å²) in [5.41, 5.74) is 1.92. The van der Waals surface area contributed by atoms with Crippen molar-refractivity contribution in [2.75, 3.05) is 0 Å². The number of rotatable bonds is 0. The molecule has 0 fully saturated rings. The van der Waals surface area contributed by atoms with Crippen LogP contribution >= 0.6 is 11.3 Å². The Morgan fingerprint density at radius 1 is 1.50 bits per heavy atom. The van der Waals surface area contributed by atoms with Crippen molar-refractivity contribution in [2.24, 2.45) is 5.16 Å². The summed E-state index contributed by atoms with van der Waals surface area (Å²) in [6, 6.07) is 0. The molecule has 0 atom stereocenters. The lowest BCUT2D eigenvalue weighted by Gasteiger charge is -2.09. The number of hydrogen-bond acceptors (Lipinski definition) is 4. The fourth-order valence-corrected chi connectivity index (χ4v) is 2.47. The van der Waals surface area contributed by atoms with Crippen LogP contribution in [0.2, 0.25) is 0 Å². The topological polar surface area (TPSA) is 45.5 Å². The van der Waals surface area contributed by atoms with Gasteiger partial charge in [-0.15, -0.1) is 11.3 Å². The van der Waals surface area contributed by atoms with E-state index in [0.29, 0.717) is 0 Å². The maximum atomic E-state index is 8.71. The normalized spacial score (nSPS) is 19.6. The summed E-state index contributed by atoms with van der Waals surface area (Å²) >= 11 is 1.62. The van der Waals surface area contributed by atoms with E-state index in [1.54, 1.807) is 11.3 Å². The first-order valence-electron chi connectivity index (χ1n) is 3.99. The van der Waals surface area contributed by atoms with Gasteiger partial charge in [0.25, 0.3) is 0 Å². The summed E-state index contributed by atoms with van der Waals surface area (Å²) < 4.78 is 0. The second kappa shape index (κ2) is 2.86. The number of aryl methyl sites for hydroxylation is 2. The predicted octanol–water partition coefficient (Wildman–Crippen LogP) is 1.97. The molecule has 1 aliphatic carbocycles. The van der Waals surface area contributed by atoms with E-state index in [4.69, 9.17) is 5.21 Å². The number of nitrogens with zero attached hydrogens (tertiary/aromatic N) is 2. The summed E-state index contributed by atoms with van der Waals surface area (Å²) in [6.45, 7) is 1.98. The highest BCUT2D eigenvalue weighted by Crippen LogP contribution is 2.26. The van der Waals surface area contributed by atoms with Crippen molar-refractivity contribution >= 4 is 17.0 Å². The molecule has 0 amide bonds. The Kier molecular flexibility index (Phi) is 1.84. The van der Waals surface area contributed by atoms with Crippen LogP contribution in [0.3, 0.4) is 0 Å². The van der Waals surface area contributed by atoms with Gasteiger partial charge in [0.05, 0.1) is 21.3 Å². The second-order valence-corrected chi connectivity index (χ2v) is 4.11. The highest BCUT2D eigenvalue weighted by atomic mass is 32.1. The van der Waals surface area contributed by atoms with Crippen molar-refractivity contribution in [2.45, 2.75) is 26.2 Å². The minimum Gasteiger partial charge on any atom is -0.411 e. The van der Waals surface area contributed by atoms with Crippen molar-refractivity contribution in [1.82, 2.24) is 4.98 Å². The van der Waals surface area contributed by atoms with Crippen LogP contribution in [0, 0.1) is 6.92 Å². The van der Waals surface area contributed by atoms with E-state index in [2.05, 4.69) is 10.1 Å². The summed E-state index contributed by atoms with van der Waals surface area (Å²) in [4.78, 5) is 5.46. The van der Waals surface area contributed by atoms with E-state index < -0.39 is 0 Å². The smallest absolute Gasteiger partial charge is 0.0986 e. The van der Waals surface area contributed by atoms with Gasteiger partial charge in [0.2, 0.25) is 0 Å². The molecule has 0 radical (unpaired) electrons. The molecule has 3 nitrogen and oxygen atoms in total. The van der Waals surface area contributed by atoms with Gasteiger partial charge < -0.3 is 5.21 Å². The molecule has 0 aromatic carbocycles. The van der Waals surface area contributed by atoms with Crippen LogP contribution in [0.25, 0.3) is 0 Å². The summed E-state index contributed by atoms with van der Waals surface area (Å²) in [5.74, 6) is 0. The Bertz CT molecular complexity index is 330. The van der Waals surface area contributed by atoms with E-state index in [-0.39, 0.29) is 0 Å². The molecule has 64 valence electrons. The Balaban J connectivity index is 2.50. The zero-order chi connectivity index (χ0) is 8.55. The molecule has 1 aromatic rings. The fraction of sp³-hybridized carbons (Fsp3) is 0.500. The van der Waals surface area contributed by atoms with Crippen LogP contribution in [-0.4, -0.2) is 15.9 Å². The number of fused-ring (bicyclic) bond motifs is 1. The molecule has 1 aromatic heterocycles.